The summed E-state index contributed by atoms with van der Waals surface area (Å²) in [5, 5.41) is 16.4. The number of rotatable bonds is 7. The maximum absolute atomic E-state index is 11.5. The number of nitrogens with zero attached hydrogens (tertiary/aromatic N) is 1. The molecule has 7 heteroatoms. The highest BCUT2D eigenvalue weighted by Crippen LogP contribution is 2.25. The van der Waals surface area contributed by atoms with Crippen molar-refractivity contribution >= 4 is 15.8 Å². The Kier molecular flexibility index (Phi) is 7.25. The van der Waals surface area contributed by atoms with Gasteiger partial charge in [0, 0.05) is 31.8 Å². The Morgan fingerprint density at radius 1 is 1.24 bits per heavy atom. The van der Waals surface area contributed by atoms with Crippen molar-refractivity contribution in [1.82, 2.24) is 10.6 Å². The van der Waals surface area contributed by atoms with Crippen molar-refractivity contribution in [2.24, 2.45) is 10.9 Å². The predicted molar refractivity (Wildman–Crippen MR) is 101 cm³/mol. The third-order valence-corrected chi connectivity index (χ3v) is 5.63. The second-order valence-electron chi connectivity index (χ2n) is 6.57. The van der Waals surface area contributed by atoms with Crippen LogP contribution in [-0.4, -0.2) is 51.5 Å². The Morgan fingerprint density at radius 3 is 2.52 bits per heavy atom. The van der Waals surface area contributed by atoms with Gasteiger partial charge in [-0.1, -0.05) is 18.6 Å². The van der Waals surface area contributed by atoms with Crippen molar-refractivity contribution in [2.75, 3.05) is 25.9 Å². The first-order valence-electron chi connectivity index (χ1n) is 8.89. The molecule has 0 amide bonds. The molecule has 0 heterocycles. The van der Waals surface area contributed by atoms with Crippen LogP contribution in [0.15, 0.2) is 34.2 Å². The van der Waals surface area contributed by atoms with Crippen LogP contribution >= 0.6 is 0 Å². The number of aliphatic hydroxyl groups excluding tert-OH is 1. The van der Waals surface area contributed by atoms with E-state index in [1.807, 2.05) is 19.1 Å². The van der Waals surface area contributed by atoms with Crippen LogP contribution in [0.25, 0.3) is 0 Å². The van der Waals surface area contributed by atoms with Crippen molar-refractivity contribution in [3.63, 3.8) is 0 Å². The van der Waals surface area contributed by atoms with Gasteiger partial charge in [0.15, 0.2) is 15.8 Å². The fourth-order valence-electron chi connectivity index (χ4n) is 3.01. The Labute approximate surface area is 150 Å². The Bertz CT molecular complexity index is 671. The van der Waals surface area contributed by atoms with Gasteiger partial charge in [-0.2, -0.15) is 0 Å². The first-order valence-corrected chi connectivity index (χ1v) is 10.8. The molecule has 1 aromatic carbocycles. The third kappa shape index (κ3) is 6.32. The van der Waals surface area contributed by atoms with E-state index in [0.29, 0.717) is 18.0 Å². The molecule has 140 valence electrons. The molecule has 25 heavy (non-hydrogen) atoms. The summed E-state index contributed by atoms with van der Waals surface area (Å²) in [4.78, 5) is 4.92. The molecule has 1 fully saturated rings. The van der Waals surface area contributed by atoms with Crippen LogP contribution in [0.1, 0.15) is 31.7 Å². The average Bonchev–Trinajstić information content (AvgIpc) is 2.97. The van der Waals surface area contributed by atoms with Crippen molar-refractivity contribution < 1.29 is 13.5 Å². The van der Waals surface area contributed by atoms with Crippen LogP contribution in [0.2, 0.25) is 0 Å². The molecule has 2 atom stereocenters. The molecule has 1 aliphatic carbocycles. The molecule has 0 radical (unpaired) electrons. The van der Waals surface area contributed by atoms with E-state index in [2.05, 4.69) is 15.6 Å². The van der Waals surface area contributed by atoms with Crippen LogP contribution in [0.4, 0.5) is 0 Å². The lowest BCUT2D eigenvalue weighted by molar-refractivity contribution is 0.136. The van der Waals surface area contributed by atoms with Gasteiger partial charge in [-0.05, 0) is 43.9 Å². The first-order chi connectivity index (χ1) is 11.9. The molecule has 1 aliphatic rings. The highest BCUT2D eigenvalue weighted by Gasteiger charge is 2.24. The lowest BCUT2D eigenvalue weighted by Crippen LogP contribution is -2.39. The van der Waals surface area contributed by atoms with E-state index < -0.39 is 9.84 Å². The highest BCUT2D eigenvalue weighted by molar-refractivity contribution is 7.90. The van der Waals surface area contributed by atoms with Gasteiger partial charge in [-0.3, -0.25) is 4.99 Å². The van der Waals surface area contributed by atoms with Crippen molar-refractivity contribution in [3.8, 4) is 0 Å². The molecular formula is C18H29N3O3S. The Balaban J connectivity index is 1.84. The minimum atomic E-state index is -3.15. The summed E-state index contributed by atoms with van der Waals surface area (Å²) in [5.74, 6) is 1.02. The molecule has 0 aromatic heterocycles. The zero-order valence-electron chi connectivity index (χ0n) is 15.0. The van der Waals surface area contributed by atoms with E-state index in [-0.39, 0.29) is 12.0 Å². The zero-order valence-corrected chi connectivity index (χ0v) is 15.8. The number of sulfone groups is 1. The monoisotopic (exact) mass is 367 g/mol. The first kappa shape index (κ1) is 19.7. The van der Waals surface area contributed by atoms with Crippen LogP contribution in [0.3, 0.4) is 0 Å². The van der Waals surface area contributed by atoms with Gasteiger partial charge in [0.2, 0.25) is 0 Å². The number of hydrogen-bond acceptors (Lipinski definition) is 4. The normalized spacial score (nSPS) is 21.3. The summed E-state index contributed by atoms with van der Waals surface area (Å²) >= 11 is 0. The topological polar surface area (TPSA) is 90.8 Å². The number of hydrogen-bond donors (Lipinski definition) is 3. The second-order valence-corrected chi connectivity index (χ2v) is 8.59. The Hall–Kier alpha value is -1.60. The number of benzene rings is 1. The summed E-state index contributed by atoms with van der Waals surface area (Å²) in [5.41, 5.74) is 1.07. The molecule has 2 unspecified atom stereocenters. The number of nitrogens with one attached hydrogen (secondary N) is 2. The summed E-state index contributed by atoms with van der Waals surface area (Å²) in [6, 6.07) is 6.98. The van der Waals surface area contributed by atoms with Crippen LogP contribution in [0.5, 0.6) is 0 Å². The number of aliphatic hydroxyl groups is 1. The molecule has 0 aliphatic heterocycles. The molecular weight excluding hydrogens is 338 g/mol. The standard InChI is InChI=1S/C18H29N3O3S/c1-3-19-18(21-13-15-5-4-6-17(15)22)20-12-11-14-7-9-16(10-8-14)25(2,23)24/h7-10,15,17,22H,3-6,11-13H2,1-2H3,(H2,19,20,21). The third-order valence-electron chi connectivity index (χ3n) is 4.50. The Morgan fingerprint density at radius 2 is 1.96 bits per heavy atom. The van der Waals surface area contributed by atoms with Gasteiger partial charge < -0.3 is 15.7 Å². The fraction of sp³-hybridized carbons (Fsp3) is 0.611. The lowest BCUT2D eigenvalue weighted by Gasteiger charge is -2.15. The second kappa shape index (κ2) is 9.20. The predicted octanol–water partition coefficient (Wildman–Crippen LogP) is 1.35. The van der Waals surface area contributed by atoms with Crippen LogP contribution < -0.4 is 10.6 Å². The van der Waals surface area contributed by atoms with Crippen LogP contribution in [-0.2, 0) is 16.3 Å². The van der Waals surface area contributed by atoms with E-state index in [9.17, 15) is 13.5 Å². The van der Waals surface area contributed by atoms with E-state index in [1.165, 1.54) is 6.26 Å². The number of guanidine groups is 1. The molecule has 0 saturated heterocycles. The summed E-state index contributed by atoms with van der Waals surface area (Å²) in [7, 11) is -3.15. The molecule has 0 spiro atoms. The van der Waals surface area contributed by atoms with E-state index in [1.54, 1.807) is 12.1 Å². The van der Waals surface area contributed by atoms with E-state index >= 15 is 0 Å². The molecule has 0 bridgehead atoms. The maximum atomic E-state index is 11.5. The molecule has 1 aromatic rings. The minimum Gasteiger partial charge on any atom is -0.393 e. The largest absolute Gasteiger partial charge is 0.393 e. The SMILES string of the molecule is CCNC(=NCC1CCCC1O)NCCc1ccc(S(C)(=O)=O)cc1. The quantitative estimate of drug-likeness (QED) is 0.500. The van der Waals surface area contributed by atoms with Gasteiger partial charge in [-0.15, -0.1) is 0 Å². The smallest absolute Gasteiger partial charge is 0.191 e. The maximum Gasteiger partial charge on any atom is 0.191 e. The van der Waals surface area contributed by atoms with Crippen molar-refractivity contribution in [1.29, 1.82) is 0 Å². The van der Waals surface area contributed by atoms with Crippen LogP contribution in [0, 0.1) is 5.92 Å². The fourth-order valence-corrected chi connectivity index (χ4v) is 3.64. The van der Waals surface area contributed by atoms with Gasteiger partial charge in [0.1, 0.15) is 0 Å². The van der Waals surface area contributed by atoms with Crippen molar-refractivity contribution in [3.05, 3.63) is 29.8 Å². The highest BCUT2D eigenvalue weighted by atomic mass is 32.2. The molecule has 3 N–H and O–H groups in total. The summed E-state index contributed by atoms with van der Waals surface area (Å²) in [6.07, 6.45) is 4.77. The molecule has 6 nitrogen and oxygen atoms in total. The van der Waals surface area contributed by atoms with E-state index in [4.69, 9.17) is 0 Å². The van der Waals surface area contributed by atoms with Gasteiger partial charge in [-0.25, -0.2) is 8.42 Å². The zero-order chi connectivity index (χ0) is 18.3. The van der Waals surface area contributed by atoms with E-state index in [0.717, 1.165) is 43.8 Å². The minimum absolute atomic E-state index is 0.222. The summed E-state index contributed by atoms with van der Waals surface area (Å²) < 4.78 is 22.9. The average molecular weight is 368 g/mol. The van der Waals surface area contributed by atoms with Gasteiger partial charge in [0.05, 0.1) is 11.0 Å². The van der Waals surface area contributed by atoms with Gasteiger partial charge >= 0.3 is 0 Å². The molecule has 1 saturated carbocycles. The lowest BCUT2D eigenvalue weighted by atomic mass is 10.1. The molecule has 2 rings (SSSR count). The van der Waals surface area contributed by atoms with Crippen molar-refractivity contribution in [2.45, 2.75) is 43.6 Å². The van der Waals surface area contributed by atoms with Gasteiger partial charge in [0.25, 0.3) is 0 Å². The summed E-state index contributed by atoms with van der Waals surface area (Å²) in [6.45, 7) is 4.14. The number of aliphatic imine (C=N–C) groups is 1.